The molecule has 0 saturated carbocycles. The number of likely N-dealkylation sites (N-methyl/N-ethyl adjacent to an activating group) is 1. The van der Waals surface area contributed by atoms with Crippen molar-refractivity contribution in [3.8, 4) is 0 Å². The maximum Gasteiger partial charge on any atom is 0.0389 e. The second kappa shape index (κ2) is 3.38. The Hall–Kier alpha value is -1.02. The maximum atomic E-state index is 3.45. The second-order valence-electron chi connectivity index (χ2n) is 3.77. The number of nitrogens with zero attached hydrogens (tertiary/aromatic N) is 1. The van der Waals surface area contributed by atoms with Crippen LogP contribution < -0.4 is 5.32 Å². The molecule has 1 aliphatic heterocycles. The number of hydrogen-bond donors (Lipinski definition) is 1. The number of fused-ring (bicyclic) bond motifs is 1. The van der Waals surface area contributed by atoms with E-state index in [1.807, 2.05) is 0 Å². The lowest BCUT2D eigenvalue weighted by Gasteiger charge is -2.14. The molecule has 13 heavy (non-hydrogen) atoms. The Labute approximate surface area is 79.6 Å². The van der Waals surface area contributed by atoms with E-state index in [1.165, 1.54) is 16.8 Å². The third-order valence-electron chi connectivity index (χ3n) is 2.65. The van der Waals surface area contributed by atoms with Crippen molar-refractivity contribution in [3.05, 3.63) is 29.3 Å². The summed E-state index contributed by atoms with van der Waals surface area (Å²) in [6.07, 6.45) is 0. The van der Waals surface area contributed by atoms with Crippen molar-refractivity contribution in [2.24, 2.45) is 0 Å². The highest BCUT2D eigenvalue weighted by Crippen LogP contribution is 2.22. The molecule has 0 unspecified atom stereocenters. The van der Waals surface area contributed by atoms with Crippen molar-refractivity contribution in [3.63, 3.8) is 0 Å². The van der Waals surface area contributed by atoms with E-state index in [2.05, 4.69) is 42.4 Å². The molecule has 0 fully saturated rings. The fraction of sp³-hybridized carbons (Fsp3) is 0.455. The Balaban J connectivity index is 2.40. The van der Waals surface area contributed by atoms with Crippen molar-refractivity contribution in [1.82, 2.24) is 4.90 Å². The molecule has 2 nitrogen and oxygen atoms in total. The number of anilines is 1. The standard InChI is InChI=1S/C11H16N2/c1-9-4-3-5-11-10(9)8-13(2)7-6-12-11/h3-5,12H,6-8H2,1-2H3. The van der Waals surface area contributed by atoms with Gasteiger partial charge in [0.2, 0.25) is 0 Å². The van der Waals surface area contributed by atoms with E-state index in [-0.39, 0.29) is 0 Å². The predicted molar refractivity (Wildman–Crippen MR) is 56.0 cm³/mol. The Morgan fingerprint density at radius 3 is 3.08 bits per heavy atom. The first-order chi connectivity index (χ1) is 6.27. The molecule has 1 aromatic carbocycles. The molecule has 0 spiro atoms. The largest absolute Gasteiger partial charge is 0.383 e. The van der Waals surface area contributed by atoms with E-state index in [4.69, 9.17) is 0 Å². The first-order valence-corrected chi connectivity index (χ1v) is 4.78. The number of aryl methyl sites for hydroxylation is 1. The highest BCUT2D eigenvalue weighted by Gasteiger charge is 2.11. The highest BCUT2D eigenvalue weighted by atomic mass is 15.1. The SMILES string of the molecule is Cc1cccc2c1CN(C)CCN2. The van der Waals surface area contributed by atoms with Crippen LogP contribution in [0.2, 0.25) is 0 Å². The summed E-state index contributed by atoms with van der Waals surface area (Å²) in [7, 11) is 2.17. The van der Waals surface area contributed by atoms with Gasteiger partial charge in [-0.1, -0.05) is 12.1 Å². The van der Waals surface area contributed by atoms with E-state index in [0.29, 0.717) is 0 Å². The lowest BCUT2D eigenvalue weighted by molar-refractivity contribution is 0.345. The van der Waals surface area contributed by atoms with Gasteiger partial charge in [0.1, 0.15) is 0 Å². The smallest absolute Gasteiger partial charge is 0.0389 e. The van der Waals surface area contributed by atoms with Crippen LogP contribution in [0, 0.1) is 6.92 Å². The van der Waals surface area contributed by atoms with Crippen LogP contribution in [0.4, 0.5) is 5.69 Å². The molecule has 2 heteroatoms. The fourth-order valence-electron chi connectivity index (χ4n) is 1.81. The van der Waals surface area contributed by atoms with Gasteiger partial charge in [-0.15, -0.1) is 0 Å². The Kier molecular flexibility index (Phi) is 2.23. The van der Waals surface area contributed by atoms with E-state index in [9.17, 15) is 0 Å². The molecule has 1 aliphatic rings. The molecular weight excluding hydrogens is 160 g/mol. The third kappa shape index (κ3) is 1.68. The average molecular weight is 176 g/mol. The van der Waals surface area contributed by atoms with Crippen LogP contribution in [0.1, 0.15) is 11.1 Å². The van der Waals surface area contributed by atoms with Gasteiger partial charge >= 0.3 is 0 Å². The van der Waals surface area contributed by atoms with Gasteiger partial charge in [-0.3, -0.25) is 0 Å². The zero-order chi connectivity index (χ0) is 9.26. The van der Waals surface area contributed by atoms with E-state index >= 15 is 0 Å². The summed E-state index contributed by atoms with van der Waals surface area (Å²) >= 11 is 0. The summed E-state index contributed by atoms with van der Waals surface area (Å²) in [4.78, 5) is 2.35. The van der Waals surface area contributed by atoms with Crippen LogP contribution in [-0.2, 0) is 6.54 Å². The summed E-state index contributed by atoms with van der Waals surface area (Å²) in [5.41, 5.74) is 4.14. The molecular formula is C11H16N2. The zero-order valence-corrected chi connectivity index (χ0v) is 8.30. The molecule has 0 amide bonds. The second-order valence-corrected chi connectivity index (χ2v) is 3.77. The molecule has 2 rings (SSSR count). The summed E-state index contributed by atoms with van der Waals surface area (Å²) < 4.78 is 0. The van der Waals surface area contributed by atoms with Crippen LogP contribution >= 0.6 is 0 Å². The van der Waals surface area contributed by atoms with Crippen molar-refractivity contribution in [2.75, 3.05) is 25.5 Å². The van der Waals surface area contributed by atoms with Gasteiger partial charge in [0, 0.05) is 25.3 Å². The summed E-state index contributed by atoms with van der Waals surface area (Å²) in [5, 5.41) is 3.45. The van der Waals surface area contributed by atoms with Crippen LogP contribution in [0.15, 0.2) is 18.2 Å². The Bertz CT molecular complexity index is 307. The lowest BCUT2D eigenvalue weighted by Crippen LogP contribution is -2.21. The molecule has 0 saturated heterocycles. The quantitative estimate of drug-likeness (QED) is 0.649. The van der Waals surface area contributed by atoms with Crippen LogP contribution in [0.5, 0.6) is 0 Å². The van der Waals surface area contributed by atoms with Crippen LogP contribution in [0.3, 0.4) is 0 Å². The minimum atomic E-state index is 1.05. The first-order valence-electron chi connectivity index (χ1n) is 4.78. The van der Waals surface area contributed by atoms with E-state index in [0.717, 1.165) is 19.6 Å². The van der Waals surface area contributed by atoms with E-state index < -0.39 is 0 Å². The van der Waals surface area contributed by atoms with Crippen molar-refractivity contribution in [2.45, 2.75) is 13.5 Å². The normalized spacial score (nSPS) is 17.4. The van der Waals surface area contributed by atoms with Gasteiger partial charge in [-0.05, 0) is 31.2 Å². The average Bonchev–Trinajstić information content (AvgIpc) is 2.28. The molecule has 0 atom stereocenters. The van der Waals surface area contributed by atoms with Crippen molar-refractivity contribution < 1.29 is 0 Å². The molecule has 1 aromatic rings. The maximum absolute atomic E-state index is 3.45. The first kappa shape index (κ1) is 8.57. The third-order valence-corrected chi connectivity index (χ3v) is 2.65. The summed E-state index contributed by atoms with van der Waals surface area (Å²) in [5.74, 6) is 0. The topological polar surface area (TPSA) is 15.3 Å². The van der Waals surface area contributed by atoms with Crippen molar-refractivity contribution >= 4 is 5.69 Å². The van der Waals surface area contributed by atoms with Gasteiger partial charge in [0.05, 0.1) is 0 Å². The molecule has 0 aliphatic carbocycles. The van der Waals surface area contributed by atoms with E-state index in [1.54, 1.807) is 0 Å². The Morgan fingerprint density at radius 2 is 2.23 bits per heavy atom. The highest BCUT2D eigenvalue weighted by molar-refractivity contribution is 5.55. The van der Waals surface area contributed by atoms with Crippen LogP contribution in [0.25, 0.3) is 0 Å². The van der Waals surface area contributed by atoms with Gasteiger partial charge in [-0.25, -0.2) is 0 Å². The molecule has 0 radical (unpaired) electrons. The minimum Gasteiger partial charge on any atom is -0.383 e. The molecule has 1 N–H and O–H groups in total. The van der Waals surface area contributed by atoms with Gasteiger partial charge in [-0.2, -0.15) is 0 Å². The molecule has 0 bridgehead atoms. The summed E-state index contributed by atoms with van der Waals surface area (Å²) in [6.45, 7) is 5.41. The number of benzene rings is 1. The number of hydrogen-bond acceptors (Lipinski definition) is 2. The lowest BCUT2D eigenvalue weighted by atomic mass is 10.1. The molecule has 0 aromatic heterocycles. The van der Waals surface area contributed by atoms with Crippen LogP contribution in [-0.4, -0.2) is 25.0 Å². The number of nitrogens with one attached hydrogen (secondary N) is 1. The van der Waals surface area contributed by atoms with Crippen molar-refractivity contribution in [1.29, 1.82) is 0 Å². The summed E-state index contributed by atoms with van der Waals surface area (Å²) in [6, 6.07) is 6.47. The monoisotopic (exact) mass is 176 g/mol. The Morgan fingerprint density at radius 1 is 1.38 bits per heavy atom. The number of rotatable bonds is 0. The molecule has 70 valence electrons. The fourth-order valence-corrected chi connectivity index (χ4v) is 1.81. The molecule has 1 heterocycles. The van der Waals surface area contributed by atoms with Gasteiger partial charge in [0.25, 0.3) is 0 Å². The predicted octanol–water partition coefficient (Wildman–Crippen LogP) is 1.85. The minimum absolute atomic E-state index is 1.05. The van der Waals surface area contributed by atoms with Gasteiger partial charge < -0.3 is 10.2 Å². The zero-order valence-electron chi connectivity index (χ0n) is 8.30. The van der Waals surface area contributed by atoms with Gasteiger partial charge in [0.15, 0.2) is 0 Å².